The van der Waals surface area contributed by atoms with Crippen LogP contribution in [0, 0.1) is 6.92 Å². The number of phenolic OH excluding ortho intramolecular Hbond substituents is 1. The van der Waals surface area contributed by atoms with Crippen molar-refractivity contribution < 1.29 is 9.90 Å². The van der Waals surface area contributed by atoms with Crippen molar-refractivity contribution in [3.8, 4) is 5.75 Å². The van der Waals surface area contributed by atoms with Gasteiger partial charge in [0, 0.05) is 22.7 Å². The molecule has 0 atom stereocenters. The lowest BCUT2D eigenvalue weighted by atomic mass is 10.1. The molecule has 0 fully saturated rings. The first kappa shape index (κ1) is 11.6. The first-order chi connectivity index (χ1) is 8.18. The standard InChI is InChI=1S/C12H12N2O2S/c1-8-9(3-2-4-10(8)15)12(16)14-7-11-13-5-6-17-11/h2-6,15H,7H2,1H3,(H,14,16). The molecule has 88 valence electrons. The van der Waals surface area contributed by atoms with Gasteiger partial charge in [-0.25, -0.2) is 4.98 Å². The minimum Gasteiger partial charge on any atom is -0.508 e. The average Bonchev–Trinajstić information content (AvgIpc) is 2.82. The molecule has 0 radical (unpaired) electrons. The molecule has 2 rings (SSSR count). The number of nitrogens with zero attached hydrogens (tertiary/aromatic N) is 1. The van der Waals surface area contributed by atoms with Crippen LogP contribution in [-0.4, -0.2) is 16.0 Å². The Kier molecular flexibility index (Phi) is 3.39. The molecular formula is C12H12N2O2S. The second-order valence-corrected chi connectivity index (χ2v) is 4.54. The molecule has 2 N–H and O–H groups in total. The highest BCUT2D eigenvalue weighted by molar-refractivity contribution is 7.09. The number of rotatable bonds is 3. The predicted octanol–water partition coefficient (Wildman–Crippen LogP) is 2.09. The van der Waals surface area contributed by atoms with E-state index < -0.39 is 0 Å². The number of phenols is 1. The van der Waals surface area contributed by atoms with Gasteiger partial charge in [-0.1, -0.05) is 6.07 Å². The van der Waals surface area contributed by atoms with E-state index in [9.17, 15) is 9.90 Å². The van der Waals surface area contributed by atoms with Gasteiger partial charge in [0.2, 0.25) is 0 Å². The van der Waals surface area contributed by atoms with Gasteiger partial charge in [0.05, 0.1) is 6.54 Å². The van der Waals surface area contributed by atoms with Gasteiger partial charge in [-0.2, -0.15) is 0 Å². The third-order valence-corrected chi connectivity index (χ3v) is 3.21. The van der Waals surface area contributed by atoms with Crippen LogP contribution >= 0.6 is 11.3 Å². The van der Waals surface area contributed by atoms with E-state index in [0.29, 0.717) is 17.7 Å². The molecule has 0 aliphatic rings. The van der Waals surface area contributed by atoms with Gasteiger partial charge in [-0.3, -0.25) is 4.79 Å². The largest absolute Gasteiger partial charge is 0.508 e. The van der Waals surface area contributed by atoms with Crippen molar-refractivity contribution >= 4 is 17.2 Å². The molecule has 0 aliphatic heterocycles. The number of nitrogens with one attached hydrogen (secondary N) is 1. The van der Waals surface area contributed by atoms with Gasteiger partial charge >= 0.3 is 0 Å². The zero-order valence-electron chi connectivity index (χ0n) is 9.30. The van der Waals surface area contributed by atoms with Gasteiger partial charge < -0.3 is 10.4 Å². The topological polar surface area (TPSA) is 62.2 Å². The summed E-state index contributed by atoms with van der Waals surface area (Å²) < 4.78 is 0. The van der Waals surface area contributed by atoms with Crippen LogP contribution in [0.2, 0.25) is 0 Å². The van der Waals surface area contributed by atoms with Gasteiger partial charge in [0.25, 0.3) is 5.91 Å². The highest BCUT2D eigenvalue weighted by Crippen LogP contribution is 2.19. The van der Waals surface area contributed by atoms with E-state index in [1.54, 1.807) is 31.3 Å². The Morgan fingerprint density at radius 3 is 3.06 bits per heavy atom. The van der Waals surface area contributed by atoms with Crippen molar-refractivity contribution in [2.75, 3.05) is 0 Å². The third-order valence-electron chi connectivity index (χ3n) is 2.43. The van der Waals surface area contributed by atoms with Crippen molar-refractivity contribution in [2.24, 2.45) is 0 Å². The molecule has 0 unspecified atom stereocenters. The van der Waals surface area contributed by atoms with Gasteiger partial charge in [-0.05, 0) is 19.1 Å². The Balaban J connectivity index is 2.07. The van der Waals surface area contributed by atoms with E-state index >= 15 is 0 Å². The van der Waals surface area contributed by atoms with Gasteiger partial charge in [-0.15, -0.1) is 11.3 Å². The van der Waals surface area contributed by atoms with E-state index in [4.69, 9.17) is 0 Å². The molecule has 5 heteroatoms. The molecule has 0 aliphatic carbocycles. The van der Waals surface area contributed by atoms with Crippen LogP contribution in [0.4, 0.5) is 0 Å². The Morgan fingerprint density at radius 2 is 2.35 bits per heavy atom. The summed E-state index contributed by atoms with van der Waals surface area (Å²) in [7, 11) is 0. The zero-order valence-corrected chi connectivity index (χ0v) is 10.1. The monoisotopic (exact) mass is 248 g/mol. The number of carbonyl (C=O) groups excluding carboxylic acids is 1. The lowest BCUT2D eigenvalue weighted by Crippen LogP contribution is -2.23. The summed E-state index contributed by atoms with van der Waals surface area (Å²) in [6.07, 6.45) is 1.70. The average molecular weight is 248 g/mol. The number of aromatic nitrogens is 1. The number of benzene rings is 1. The lowest BCUT2D eigenvalue weighted by Gasteiger charge is -2.07. The fraction of sp³-hybridized carbons (Fsp3) is 0.167. The highest BCUT2D eigenvalue weighted by Gasteiger charge is 2.11. The fourth-order valence-electron chi connectivity index (χ4n) is 1.46. The first-order valence-electron chi connectivity index (χ1n) is 5.13. The summed E-state index contributed by atoms with van der Waals surface area (Å²) in [6, 6.07) is 4.90. The van der Waals surface area contributed by atoms with E-state index in [1.165, 1.54) is 11.3 Å². The van der Waals surface area contributed by atoms with Crippen molar-refractivity contribution in [3.63, 3.8) is 0 Å². The van der Waals surface area contributed by atoms with E-state index in [-0.39, 0.29) is 11.7 Å². The minimum absolute atomic E-state index is 0.131. The number of hydrogen-bond donors (Lipinski definition) is 2. The SMILES string of the molecule is Cc1c(O)cccc1C(=O)NCc1nccs1. The van der Waals surface area contributed by atoms with Crippen molar-refractivity contribution in [2.45, 2.75) is 13.5 Å². The van der Waals surface area contributed by atoms with E-state index in [2.05, 4.69) is 10.3 Å². The maximum absolute atomic E-state index is 11.9. The Hall–Kier alpha value is -1.88. The number of aromatic hydroxyl groups is 1. The molecule has 1 amide bonds. The molecule has 0 bridgehead atoms. The third kappa shape index (κ3) is 2.62. The van der Waals surface area contributed by atoms with Crippen LogP contribution in [0.5, 0.6) is 5.75 Å². The Labute approximate surface area is 103 Å². The second kappa shape index (κ2) is 4.97. The molecule has 0 saturated heterocycles. The van der Waals surface area contributed by atoms with Crippen LogP contribution in [-0.2, 0) is 6.54 Å². The van der Waals surface area contributed by atoms with Crippen LogP contribution < -0.4 is 5.32 Å². The van der Waals surface area contributed by atoms with Gasteiger partial charge in [0.1, 0.15) is 10.8 Å². The summed E-state index contributed by atoms with van der Waals surface area (Å²) in [5.74, 6) is -0.0690. The number of carbonyl (C=O) groups is 1. The molecule has 1 heterocycles. The summed E-state index contributed by atoms with van der Waals surface area (Å²) in [4.78, 5) is 15.9. The van der Waals surface area contributed by atoms with Crippen LogP contribution in [0.1, 0.15) is 20.9 Å². The maximum atomic E-state index is 11.9. The Bertz CT molecular complexity index is 523. The molecule has 0 saturated carbocycles. The Morgan fingerprint density at radius 1 is 1.53 bits per heavy atom. The van der Waals surface area contributed by atoms with E-state index in [0.717, 1.165) is 5.01 Å². The number of thiazole rings is 1. The fourth-order valence-corrected chi connectivity index (χ4v) is 2.02. The molecule has 2 aromatic rings. The lowest BCUT2D eigenvalue weighted by molar-refractivity contribution is 0.0950. The quantitative estimate of drug-likeness (QED) is 0.874. The molecular weight excluding hydrogens is 236 g/mol. The number of hydrogen-bond acceptors (Lipinski definition) is 4. The summed E-state index contributed by atoms with van der Waals surface area (Å²) >= 11 is 1.49. The van der Waals surface area contributed by atoms with Crippen LogP contribution in [0.3, 0.4) is 0 Å². The van der Waals surface area contributed by atoms with Crippen LogP contribution in [0.15, 0.2) is 29.8 Å². The van der Waals surface area contributed by atoms with Gasteiger partial charge in [0.15, 0.2) is 0 Å². The molecule has 1 aromatic carbocycles. The first-order valence-corrected chi connectivity index (χ1v) is 6.01. The maximum Gasteiger partial charge on any atom is 0.252 e. The van der Waals surface area contributed by atoms with Crippen LogP contribution in [0.25, 0.3) is 0 Å². The molecule has 17 heavy (non-hydrogen) atoms. The summed E-state index contributed by atoms with van der Waals surface area (Å²) in [5, 5.41) is 15.0. The van der Waals surface area contributed by atoms with Crippen molar-refractivity contribution in [3.05, 3.63) is 45.9 Å². The highest BCUT2D eigenvalue weighted by atomic mass is 32.1. The smallest absolute Gasteiger partial charge is 0.252 e. The summed E-state index contributed by atoms with van der Waals surface area (Å²) in [6.45, 7) is 2.12. The summed E-state index contributed by atoms with van der Waals surface area (Å²) in [5.41, 5.74) is 1.07. The molecule has 1 aromatic heterocycles. The van der Waals surface area contributed by atoms with E-state index in [1.807, 2.05) is 5.38 Å². The molecule has 0 spiro atoms. The van der Waals surface area contributed by atoms with Crippen molar-refractivity contribution in [1.82, 2.24) is 10.3 Å². The minimum atomic E-state index is -0.200. The normalized spacial score (nSPS) is 10.2. The molecule has 4 nitrogen and oxygen atoms in total. The second-order valence-electron chi connectivity index (χ2n) is 3.56. The van der Waals surface area contributed by atoms with Crippen molar-refractivity contribution in [1.29, 1.82) is 0 Å². The zero-order chi connectivity index (χ0) is 12.3. The predicted molar refractivity (Wildman–Crippen MR) is 66.1 cm³/mol. The number of amides is 1.